The molecule has 0 radical (unpaired) electrons. The molecule has 2 unspecified atom stereocenters. The predicted octanol–water partition coefficient (Wildman–Crippen LogP) is 10.3. The van der Waals surface area contributed by atoms with Crippen molar-refractivity contribution in [3.8, 4) is 34.1 Å². The summed E-state index contributed by atoms with van der Waals surface area (Å²) in [5, 5.41) is 2.41. The summed E-state index contributed by atoms with van der Waals surface area (Å²) in [7, 11) is 3.42. The summed E-state index contributed by atoms with van der Waals surface area (Å²) in [6.07, 6.45) is 0.102. The van der Waals surface area contributed by atoms with Gasteiger partial charge in [0.05, 0.1) is 32.3 Å². The van der Waals surface area contributed by atoms with Gasteiger partial charge in [-0.2, -0.15) is 0 Å². The minimum absolute atomic E-state index is 0.102. The fourth-order valence-electron chi connectivity index (χ4n) is 7.33. The van der Waals surface area contributed by atoms with E-state index in [0.29, 0.717) is 24.0 Å². The van der Waals surface area contributed by atoms with Gasteiger partial charge >= 0.3 is 0 Å². The molecule has 0 aliphatic heterocycles. The molecule has 0 saturated heterocycles. The zero-order valence-corrected chi connectivity index (χ0v) is 28.9. The molecule has 1 aliphatic carbocycles. The van der Waals surface area contributed by atoms with Crippen LogP contribution in [0.4, 0.5) is 0 Å². The molecule has 0 bridgehead atoms. The number of aryl methyl sites for hydroxylation is 4. The third-order valence-electron chi connectivity index (χ3n) is 9.83. The number of hydrogen-bond donors (Lipinski definition) is 0. The van der Waals surface area contributed by atoms with Crippen molar-refractivity contribution in [2.24, 2.45) is 5.92 Å². The first kappa shape index (κ1) is 31.5. The van der Waals surface area contributed by atoms with Crippen LogP contribution in [0, 0.1) is 33.6 Å². The van der Waals surface area contributed by atoms with Crippen molar-refractivity contribution in [2.45, 2.75) is 66.9 Å². The van der Waals surface area contributed by atoms with Crippen LogP contribution in [0.5, 0.6) is 23.0 Å². The van der Waals surface area contributed by atoms with Crippen molar-refractivity contribution >= 4 is 10.8 Å². The second-order valence-corrected chi connectivity index (χ2v) is 13.1. The highest BCUT2D eigenvalue weighted by Gasteiger charge is 2.48. The normalized spacial score (nSPS) is 15.9. The lowest BCUT2D eigenvalue weighted by molar-refractivity contribution is 0.168. The Morgan fingerprint density at radius 2 is 1.09 bits per heavy atom. The number of methoxy groups -OCH3 is 2. The molecule has 6 rings (SSSR count). The van der Waals surface area contributed by atoms with Crippen LogP contribution in [0.3, 0.4) is 0 Å². The first-order valence-electron chi connectivity index (χ1n) is 16.4. The summed E-state index contributed by atoms with van der Waals surface area (Å²) in [6.45, 7) is 17.9. The molecule has 5 aromatic carbocycles. The Hall–Kier alpha value is -4.44. The van der Waals surface area contributed by atoms with Gasteiger partial charge in [-0.25, -0.2) is 0 Å². The highest BCUT2D eigenvalue weighted by atomic mass is 16.5. The molecule has 4 nitrogen and oxygen atoms in total. The summed E-state index contributed by atoms with van der Waals surface area (Å²) >= 11 is 0. The molecule has 0 saturated carbocycles. The molecule has 0 heterocycles. The molecule has 4 heteroatoms. The third kappa shape index (κ3) is 4.90. The van der Waals surface area contributed by atoms with Crippen LogP contribution < -0.4 is 18.9 Å². The lowest BCUT2D eigenvalue weighted by atomic mass is 9.66. The number of rotatable bonds is 9. The summed E-state index contributed by atoms with van der Waals surface area (Å²) < 4.78 is 24.6. The van der Waals surface area contributed by atoms with Crippen LogP contribution in [0.15, 0.2) is 72.8 Å². The molecule has 0 amide bonds. The zero-order valence-electron chi connectivity index (χ0n) is 28.9. The van der Waals surface area contributed by atoms with Crippen LogP contribution in [-0.4, -0.2) is 26.9 Å². The topological polar surface area (TPSA) is 36.9 Å². The van der Waals surface area contributed by atoms with Gasteiger partial charge in [0, 0.05) is 0 Å². The maximum Gasteiger partial charge on any atom is 0.161 e. The van der Waals surface area contributed by atoms with Crippen LogP contribution in [0.2, 0.25) is 0 Å². The van der Waals surface area contributed by atoms with E-state index in [-0.39, 0.29) is 6.10 Å². The minimum Gasteiger partial charge on any atom is -0.493 e. The van der Waals surface area contributed by atoms with Crippen LogP contribution in [0.25, 0.3) is 21.9 Å². The smallest absolute Gasteiger partial charge is 0.161 e. The monoisotopic (exact) mass is 614 g/mol. The van der Waals surface area contributed by atoms with E-state index in [9.17, 15) is 0 Å². The van der Waals surface area contributed by atoms with E-state index in [1.54, 1.807) is 14.2 Å². The van der Waals surface area contributed by atoms with Gasteiger partial charge in [-0.1, -0.05) is 62.4 Å². The zero-order chi connectivity index (χ0) is 32.9. The quantitative estimate of drug-likeness (QED) is 0.162. The standard InChI is InChI=1S/C42H46O4/c1-11-45-40-25(4)16-32(17-26(40)5)42(33-18-27(6)41(28(7)19-33)46-29(8)24(2)3)36-21-31-15-13-12-14-30(31)20-34(36)35-22-38(43-9)39(44-10)23-37(35)42/h12-24,29H,11H2,1-10H3. The van der Waals surface area contributed by atoms with Crippen LogP contribution in [-0.2, 0) is 5.41 Å². The predicted molar refractivity (Wildman–Crippen MR) is 189 cm³/mol. The Bertz CT molecular complexity index is 1910. The molecule has 238 valence electrons. The van der Waals surface area contributed by atoms with E-state index in [0.717, 1.165) is 39.3 Å². The van der Waals surface area contributed by atoms with Crippen molar-refractivity contribution < 1.29 is 18.9 Å². The number of benzene rings is 5. The van der Waals surface area contributed by atoms with Gasteiger partial charge in [-0.3, -0.25) is 0 Å². The fraction of sp³-hybridized carbons (Fsp3) is 0.333. The number of ether oxygens (including phenoxy) is 4. The molecule has 0 N–H and O–H groups in total. The van der Waals surface area contributed by atoms with Crippen molar-refractivity contribution in [3.05, 3.63) is 117 Å². The average molecular weight is 615 g/mol. The van der Waals surface area contributed by atoms with Gasteiger partial charge < -0.3 is 18.9 Å². The van der Waals surface area contributed by atoms with Gasteiger partial charge in [0.15, 0.2) is 11.5 Å². The van der Waals surface area contributed by atoms with Gasteiger partial charge in [0.2, 0.25) is 0 Å². The molecular weight excluding hydrogens is 568 g/mol. The Balaban J connectivity index is 1.78. The average Bonchev–Trinajstić information content (AvgIpc) is 3.31. The summed E-state index contributed by atoms with van der Waals surface area (Å²) in [4.78, 5) is 0. The Morgan fingerprint density at radius 1 is 0.609 bits per heavy atom. The molecule has 0 aromatic heterocycles. The molecule has 1 aliphatic rings. The Kier molecular flexibility index (Phi) is 8.27. The molecule has 5 aromatic rings. The molecular formula is C42H46O4. The second kappa shape index (κ2) is 12.1. The number of fused-ring (bicyclic) bond motifs is 4. The largest absolute Gasteiger partial charge is 0.493 e. The summed E-state index contributed by atoms with van der Waals surface area (Å²) in [6, 6.07) is 27.0. The van der Waals surface area contributed by atoms with Crippen LogP contribution in [0.1, 0.15) is 72.2 Å². The first-order chi connectivity index (χ1) is 22.0. The number of hydrogen-bond acceptors (Lipinski definition) is 4. The highest BCUT2D eigenvalue weighted by molar-refractivity contribution is 5.96. The second-order valence-electron chi connectivity index (χ2n) is 13.1. The van der Waals surface area contributed by atoms with Crippen LogP contribution >= 0.6 is 0 Å². The van der Waals surface area contributed by atoms with E-state index in [4.69, 9.17) is 18.9 Å². The molecule has 0 spiro atoms. The van der Waals surface area contributed by atoms with E-state index in [1.165, 1.54) is 38.6 Å². The van der Waals surface area contributed by atoms with E-state index in [1.807, 2.05) is 6.92 Å². The first-order valence-corrected chi connectivity index (χ1v) is 16.4. The van der Waals surface area contributed by atoms with Crippen molar-refractivity contribution in [3.63, 3.8) is 0 Å². The van der Waals surface area contributed by atoms with Crippen molar-refractivity contribution in [2.75, 3.05) is 20.8 Å². The Labute approximate surface area is 274 Å². The molecule has 2 atom stereocenters. The van der Waals surface area contributed by atoms with Crippen molar-refractivity contribution in [1.29, 1.82) is 0 Å². The SMILES string of the molecule is CCOc1c(C)cc(C2(c3cc(C)c(OC(C)C(C)C)c(C)c3)c3cc(OC)c(OC)cc3-c3cc4ccccc4cc32)cc1C. The maximum atomic E-state index is 6.58. The van der Waals surface area contributed by atoms with E-state index < -0.39 is 5.41 Å². The molecule has 0 fully saturated rings. The van der Waals surface area contributed by atoms with E-state index >= 15 is 0 Å². The van der Waals surface area contributed by atoms with E-state index in [2.05, 4.69) is 121 Å². The highest BCUT2D eigenvalue weighted by Crippen LogP contribution is 2.59. The Morgan fingerprint density at radius 3 is 1.61 bits per heavy atom. The van der Waals surface area contributed by atoms with Gasteiger partial charge in [0.25, 0.3) is 0 Å². The fourth-order valence-corrected chi connectivity index (χ4v) is 7.33. The van der Waals surface area contributed by atoms with Gasteiger partial charge in [-0.15, -0.1) is 0 Å². The van der Waals surface area contributed by atoms with Gasteiger partial charge in [-0.05, 0) is 138 Å². The van der Waals surface area contributed by atoms with Crippen molar-refractivity contribution in [1.82, 2.24) is 0 Å². The lowest BCUT2D eigenvalue weighted by Crippen LogP contribution is -2.29. The van der Waals surface area contributed by atoms with Gasteiger partial charge in [0.1, 0.15) is 11.5 Å². The maximum absolute atomic E-state index is 6.58. The summed E-state index contributed by atoms with van der Waals surface area (Å²) in [5.41, 5.74) is 11.0. The molecule has 46 heavy (non-hydrogen) atoms. The minimum atomic E-state index is -0.647. The summed E-state index contributed by atoms with van der Waals surface area (Å²) in [5.74, 6) is 3.74. The lowest BCUT2D eigenvalue weighted by Gasteiger charge is -2.36. The third-order valence-corrected chi connectivity index (χ3v) is 9.83.